The molecule has 0 radical (unpaired) electrons. The first-order valence-electron chi connectivity index (χ1n) is 12.2. The van der Waals surface area contributed by atoms with Crippen LogP contribution in [0.25, 0.3) is 11.3 Å². The van der Waals surface area contributed by atoms with E-state index in [4.69, 9.17) is 4.74 Å². The molecule has 4 rings (SSSR count). The Morgan fingerprint density at radius 1 is 1.03 bits per heavy atom. The third-order valence-electron chi connectivity index (χ3n) is 6.05. The maximum absolute atomic E-state index is 13.4. The summed E-state index contributed by atoms with van der Waals surface area (Å²) in [5.41, 5.74) is 0.922. The quantitative estimate of drug-likeness (QED) is 0.260. The molecule has 1 amide bonds. The summed E-state index contributed by atoms with van der Waals surface area (Å²) in [5, 5.41) is 6.58. The molecular weight excluding hydrogens is 499 g/mol. The number of piperazine rings is 1. The van der Waals surface area contributed by atoms with Gasteiger partial charge in [0.25, 0.3) is 5.56 Å². The zero-order valence-corrected chi connectivity index (χ0v) is 21.5. The van der Waals surface area contributed by atoms with Gasteiger partial charge >= 0.3 is 0 Å². The van der Waals surface area contributed by atoms with E-state index in [1.165, 1.54) is 51.3 Å². The van der Waals surface area contributed by atoms with Gasteiger partial charge in [-0.15, -0.1) is 0 Å². The monoisotopic (exact) mass is 531 g/mol. The molecule has 0 atom stereocenters. The van der Waals surface area contributed by atoms with Crippen LogP contribution in [0.5, 0.6) is 0 Å². The van der Waals surface area contributed by atoms with Crippen molar-refractivity contribution in [3.63, 3.8) is 0 Å². The van der Waals surface area contributed by atoms with E-state index in [0.29, 0.717) is 17.7 Å². The van der Waals surface area contributed by atoms with Crippen molar-refractivity contribution in [1.29, 1.82) is 0 Å². The Balaban J connectivity index is 0.000000279. The number of amides is 1. The van der Waals surface area contributed by atoms with Crippen molar-refractivity contribution in [3.8, 4) is 11.3 Å². The summed E-state index contributed by atoms with van der Waals surface area (Å²) in [6.07, 6.45) is 1.70. The average Bonchev–Trinajstić information content (AvgIpc) is 2.90. The molecule has 0 spiro atoms. The van der Waals surface area contributed by atoms with Gasteiger partial charge in [-0.1, -0.05) is 12.1 Å². The number of rotatable bonds is 9. The highest BCUT2D eigenvalue weighted by Gasteiger charge is 2.14. The fourth-order valence-corrected chi connectivity index (χ4v) is 3.92. The molecule has 11 heteroatoms. The highest BCUT2D eigenvalue weighted by atomic mass is 19.2. The van der Waals surface area contributed by atoms with Crippen molar-refractivity contribution < 1.29 is 22.7 Å². The molecule has 2 heterocycles. The standard InChI is InChI=1S/C18H12F3N3O2.C9H20N2O/c19-14-7-12(8-15(20)18(14)21)16-4-5-17(26)24(23-16)9-11-2-1-3-13(6-11)22-10-25;1-10-5-7-11(8-6-10)4-3-9-12-2/h1-8,10H,9H2,(H,22,25);3-9H2,1-2H3. The van der Waals surface area contributed by atoms with Crippen LogP contribution in [0.15, 0.2) is 53.3 Å². The molecule has 8 nitrogen and oxygen atoms in total. The minimum atomic E-state index is -1.57. The van der Waals surface area contributed by atoms with E-state index < -0.39 is 23.0 Å². The van der Waals surface area contributed by atoms with Gasteiger partial charge in [0.15, 0.2) is 17.5 Å². The van der Waals surface area contributed by atoms with Crippen LogP contribution in [0.3, 0.4) is 0 Å². The lowest BCUT2D eigenvalue weighted by Crippen LogP contribution is -2.44. The predicted molar refractivity (Wildman–Crippen MR) is 139 cm³/mol. The van der Waals surface area contributed by atoms with Gasteiger partial charge in [0.1, 0.15) is 0 Å². The number of ether oxygens (including phenoxy) is 1. The largest absolute Gasteiger partial charge is 0.385 e. The smallest absolute Gasteiger partial charge is 0.267 e. The lowest BCUT2D eigenvalue weighted by Gasteiger charge is -2.32. The normalized spacial score (nSPS) is 14.0. The third-order valence-corrected chi connectivity index (χ3v) is 6.05. The number of halogens is 3. The highest BCUT2D eigenvalue weighted by Crippen LogP contribution is 2.21. The number of hydrogen-bond acceptors (Lipinski definition) is 6. The molecule has 1 aliphatic heterocycles. The van der Waals surface area contributed by atoms with Gasteiger partial charge in [-0.2, -0.15) is 5.10 Å². The topological polar surface area (TPSA) is 79.7 Å². The first-order valence-corrected chi connectivity index (χ1v) is 12.2. The fourth-order valence-electron chi connectivity index (χ4n) is 3.92. The van der Waals surface area contributed by atoms with Crippen LogP contribution in [-0.4, -0.2) is 79.5 Å². The van der Waals surface area contributed by atoms with Gasteiger partial charge in [0.05, 0.1) is 12.2 Å². The Kier molecular flexibility index (Phi) is 11.0. The number of methoxy groups -OCH3 is 1. The average molecular weight is 532 g/mol. The Hall–Kier alpha value is -3.54. The van der Waals surface area contributed by atoms with Crippen molar-refractivity contribution in [2.24, 2.45) is 0 Å². The molecule has 204 valence electrons. The summed E-state index contributed by atoms with van der Waals surface area (Å²) in [6, 6.07) is 10.9. The Morgan fingerprint density at radius 3 is 2.39 bits per heavy atom. The van der Waals surface area contributed by atoms with Gasteiger partial charge in [-0.25, -0.2) is 17.9 Å². The maximum atomic E-state index is 13.4. The predicted octanol–water partition coefficient (Wildman–Crippen LogP) is 3.21. The van der Waals surface area contributed by atoms with E-state index in [-0.39, 0.29) is 17.8 Å². The minimum absolute atomic E-state index is 0.00604. The summed E-state index contributed by atoms with van der Waals surface area (Å²) >= 11 is 0. The Labute approximate surface area is 219 Å². The van der Waals surface area contributed by atoms with Crippen molar-refractivity contribution >= 4 is 12.1 Å². The van der Waals surface area contributed by atoms with Crippen LogP contribution in [0.4, 0.5) is 18.9 Å². The molecular formula is C27H32F3N5O3. The number of carbonyl (C=O) groups is 1. The van der Waals surface area contributed by atoms with Gasteiger partial charge in [0, 0.05) is 63.8 Å². The van der Waals surface area contributed by atoms with Gasteiger partial charge in [-0.3, -0.25) is 9.59 Å². The lowest BCUT2D eigenvalue weighted by atomic mass is 10.1. The van der Waals surface area contributed by atoms with Crippen molar-refractivity contribution in [1.82, 2.24) is 19.6 Å². The SMILES string of the molecule is COCCCN1CCN(C)CC1.O=CNc1cccc(Cn2nc(-c3cc(F)c(F)c(F)c3)ccc2=O)c1. The van der Waals surface area contributed by atoms with Gasteiger partial charge in [0.2, 0.25) is 6.41 Å². The number of nitrogens with one attached hydrogen (secondary N) is 1. The fraction of sp³-hybridized carbons (Fsp3) is 0.370. The van der Waals surface area contributed by atoms with Crippen LogP contribution < -0.4 is 10.9 Å². The molecule has 1 aromatic heterocycles. The lowest BCUT2D eigenvalue weighted by molar-refractivity contribution is -0.105. The van der Waals surface area contributed by atoms with E-state index >= 15 is 0 Å². The zero-order valence-electron chi connectivity index (χ0n) is 21.5. The molecule has 1 saturated heterocycles. The van der Waals surface area contributed by atoms with E-state index in [0.717, 1.165) is 23.4 Å². The molecule has 2 aromatic carbocycles. The number of likely N-dealkylation sites (N-methyl/N-ethyl adjacent to an activating group) is 1. The molecule has 0 saturated carbocycles. The summed E-state index contributed by atoms with van der Waals surface area (Å²) < 4.78 is 46.1. The summed E-state index contributed by atoms with van der Waals surface area (Å²) in [6.45, 7) is 7.04. The Bertz CT molecular complexity index is 1240. The molecule has 0 bridgehead atoms. The maximum Gasteiger partial charge on any atom is 0.267 e. The zero-order chi connectivity index (χ0) is 27.5. The van der Waals surface area contributed by atoms with Crippen LogP contribution in [0.2, 0.25) is 0 Å². The molecule has 0 aliphatic carbocycles. The second-order valence-corrected chi connectivity index (χ2v) is 8.92. The van der Waals surface area contributed by atoms with E-state index in [9.17, 15) is 22.8 Å². The van der Waals surface area contributed by atoms with Crippen LogP contribution in [-0.2, 0) is 16.1 Å². The molecule has 3 aromatic rings. The summed E-state index contributed by atoms with van der Waals surface area (Å²) in [5.74, 6) is -4.25. The molecule has 1 aliphatic rings. The summed E-state index contributed by atoms with van der Waals surface area (Å²) in [7, 11) is 3.95. The van der Waals surface area contributed by atoms with Gasteiger partial charge < -0.3 is 19.9 Å². The van der Waals surface area contributed by atoms with E-state index in [2.05, 4.69) is 27.3 Å². The molecule has 1 N–H and O–H groups in total. The van der Waals surface area contributed by atoms with E-state index in [1.807, 2.05) is 0 Å². The number of carbonyl (C=O) groups excluding carboxylic acids is 1. The van der Waals surface area contributed by atoms with Gasteiger partial charge in [-0.05, 0) is 49.4 Å². The second kappa shape index (κ2) is 14.4. The first-order chi connectivity index (χ1) is 18.3. The van der Waals surface area contributed by atoms with Crippen molar-refractivity contribution in [2.75, 3.05) is 58.8 Å². The van der Waals surface area contributed by atoms with Crippen LogP contribution in [0.1, 0.15) is 12.0 Å². The highest BCUT2D eigenvalue weighted by molar-refractivity contribution is 5.71. The van der Waals surface area contributed by atoms with Crippen molar-refractivity contribution in [2.45, 2.75) is 13.0 Å². The number of aromatic nitrogens is 2. The molecule has 38 heavy (non-hydrogen) atoms. The van der Waals surface area contributed by atoms with Crippen LogP contribution >= 0.6 is 0 Å². The Morgan fingerprint density at radius 2 is 1.74 bits per heavy atom. The number of nitrogens with zero attached hydrogens (tertiary/aromatic N) is 4. The first kappa shape index (κ1) is 29.0. The second-order valence-electron chi connectivity index (χ2n) is 8.92. The molecule has 1 fully saturated rings. The summed E-state index contributed by atoms with van der Waals surface area (Å²) in [4.78, 5) is 27.4. The number of benzene rings is 2. The van der Waals surface area contributed by atoms with Crippen molar-refractivity contribution in [3.05, 3.63) is 81.9 Å². The third kappa shape index (κ3) is 8.51. The minimum Gasteiger partial charge on any atom is -0.385 e. The van der Waals surface area contributed by atoms with E-state index in [1.54, 1.807) is 31.4 Å². The number of hydrogen-bond donors (Lipinski definition) is 1. The molecule has 0 unspecified atom stereocenters. The van der Waals surface area contributed by atoms with Crippen LogP contribution in [0, 0.1) is 17.5 Å². The number of anilines is 1.